The first-order valence-electron chi connectivity index (χ1n) is 7.35. The third-order valence-corrected chi connectivity index (χ3v) is 3.18. The fraction of sp³-hybridized carbons (Fsp3) is 0.529. The monoisotopic (exact) mass is 290 g/mol. The van der Waals surface area contributed by atoms with Crippen molar-refractivity contribution >= 4 is 11.8 Å². The van der Waals surface area contributed by atoms with Crippen LogP contribution in [0.3, 0.4) is 0 Å². The lowest BCUT2D eigenvalue weighted by Gasteiger charge is -2.26. The molecule has 0 heterocycles. The lowest BCUT2D eigenvalue weighted by molar-refractivity contribution is -0.136. The van der Waals surface area contributed by atoms with E-state index in [-0.39, 0.29) is 29.8 Å². The van der Waals surface area contributed by atoms with Gasteiger partial charge in [-0.3, -0.25) is 9.59 Å². The molecule has 0 radical (unpaired) electrons. The molecule has 1 aromatic rings. The highest BCUT2D eigenvalue weighted by Gasteiger charge is 2.24. The van der Waals surface area contributed by atoms with Gasteiger partial charge in [-0.05, 0) is 32.8 Å². The molecule has 4 nitrogen and oxygen atoms in total. The lowest BCUT2D eigenvalue weighted by Crippen LogP contribution is -2.47. The molecule has 1 aromatic carbocycles. The Morgan fingerprint density at radius 3 is 2.24 bits per heavy atom. The van der Waals surface area contributed by atoms with Gasteiger partial charge in [-0.15, -0.1) is 0 Å². The summed E-state index contributed by atoms with van der Waals surface area (Å²) in [5, 5.41) is 2.87. The first-order chi connectivity index (χ1) is 9.74. The smallest absolute Gasteiger partial charge is 0.240 e. The van der Waals surface area contributed by atoms with E-state index in [1.807, 2.05) is 58.0 Å². The van der Waals surface area contributed by atoms with E-state index in [1.165, 1.54) is 4.90 Å². The summed E-state index contributed by atoms with van der Waals surface area (Å²) in [6.07, 6.45) is 0.716. The average molecular weight is 290 g/mol. The van der Waals surface area contributed by atoms with Crippen LogP contribution in [0.5, 0.6) is 0 Å². The lowest BCUT2D eigenvalue weighted by atomic mass is 9.95. The zero-order valence-electron chi connectivity index (χ0n) is 13.6. The zero-order valence-corrected chi connectivity index (χ0v) is 13.6. The van der Waals surface area contributed by atoms with Crippen LogP contribution in [-0.4, -0.2) is 35.8 Å². The van der Waals surface area contributed by atoms with Crippen LogP contribution < -0.4 is 5.32 Å². The van der Waals surface area contributed by atoms with Gasteiger partial charge in [0.1, 0.15) is 0 Å². The van der Waals surface area contributed by atoms with Crippen molar-refractivity contribution in [2.24, 2.45) is 0 Å². The van der Waals surface area contributed by atoms with Gasteiger partial charge in [0.05, 0.1) is 12.5 Å². The molecule has 21 heavy (non-hydrogen) atoms. The van der Waals surface area contributed by atoms with Crippen LogP contribution >= 0.6 is 0 Å². The van der Waals surface area contributed by atoms with E-state index in [4.69, 9.17) is 0 Å². The van der Waals surface area contributed by atoms with Gasteiger partial charge in [0.2, 0.25) is 11.8 Å². The average Bonchev–Trinajstić information content (AvgIpc) is 2.38. The molecule has 0 fully saturated rings. The number of nitrogens with zero attached hydrogens (tertiary/aromatic N) is 1. The number of amides is 2. The van der Waals surface area contributed by atoms with E-state index in [2.05, 4.69) is 5.32 Å². The highest BCUT2D eigenvalue weighted by Crippen LogP contribution is 2.21. The molecule has 1 rings (SSSR count). The maximum Gasteiger partial charge on any atom is 0.240 e. The largest absolute Gasteiger partial charge is 0.350 e. The van der Waals surface area contributed by atoms with Gasteiger partial charge in [0.25, 0.3) is 0 Å². The van der Waals surface area contributed by atoms with Crippen molar-refractivity contribution in [1.82, 2.24) is 10.2 Å². The normalized spacial score (nSPS) is 12.6. The van der Waals surface area contributed by atoms with Gasteiger partial charge in [0.15, 0.2) is 0 Å². The minimum atomic E-state index is -0.287. The Kier molecular flexibility index (Phi) is 5.94. The van der Waals surface area contributed by atoms with Crippen molar-refractivity contribution in [3.05, 3.63) is 35.9 Å². The number of hydrogen-bond acceptors (Lipinski definition) is 2. The molecule has 0 aliphatic heterocycles. The molecule has 116 valence electrons. The van der Waals surface area contributed by atoms with Crippen LogP contribution in [0.25, 0.3) is 0 Å². The molecule has 0 saturated heterocycles. The molecule has 0 aliphatic carbocycles. The maximum absolute atomic E-state index is 12.5. The molecular weight excluding hydrogens is 264 g/mol. The summed E-state index contributed by atoms with van der Waals surface area (Å²) in [5.74, 6) is -0.354. The highest BCUT2D eigenvalue weighted by molar-refractivity contribution is 5.88. The molecule has 1 N–H and O–H groups in total. The summed E-state index contributed by atoms with van der Waals surface area (Å²) in [6, 6.07) is 9.70. The van der Waals surface area contributed by atoms with E-state index < -0.39 is 0 Å². The summed E-state index contributed by atoms with van der Waals surface area (Å²) in [7, 11) is 1.68. The summed E-state index contributed by atoms with van der Waals surface area (Å²) >= 11 is 0. The number of benzene rings is 1. The van der Waals surface area contributed by atoms with E-state index in [0.29, 0.717) is 6.42 Å². The highest BCUT2D eigenvalue weighted by atomic mass is 16.2. The zero-order chi connectivity index (χ0) is 16.0. The first kappa shape index (κ1) is 17.2. The molecule has 0 spiro atoms. The van der Waals surface area contributed by atoms with Crippen LogP contribution in [0.2, 0.25) is 0 Å². The minimum Gasteiger partial charge on any atom is -0.350 e. The number of rotatable bonds is 5. The van der Waals surface area contributed by atoms with Crippen molar-refractivity contribution < 1.29 is 9.59 Å². The maximum atomic E-state index is 12.5. The van der Waals surface area contributed by atoms with E-state index in [0.717, 1.165) is 5.56 Å². The Hall–Kier alpha value is -1.84. The summed E-state index contributed by atoms with van der Waals surface area (Å²) in [4.78, 5) is 25.9. The van der Waals surface area contributed by atoms with E-state index in [1.54, 1.807) is 7.05 Å². The third-order valence-electron chi connectivity index (χ3n) is 3.18. The molecule has 1 atom stereocenters. The fourth-order valence-electron chi connectivity index (χ4n) is 2.26. The van der Waals surface area contributed by atoms with Crippen molar-refractivity contribution in [2.45, 2.75) is 45.6 Å². The molecular formula is C17H26N2O2. The second-order valence-electron chi connectivity index (χ2n) is 6.36. The van der Waals surface area contributed by atoms with E-state index >= 15 is 0 Å². The first-order valence-corrected chi connectivity index (χ1v) is 7.35. The SMILES string of the molecule is CCC(C(=O)N(C)CC(=O)NC(C)(C)C)c1ccccc1. The van der Waals surface area contributed by atoms with Gasteiger partial charge in [-0.1, -0.05) is 37.3 Å². The molecule has 0 bridgehead atoms. The number of carbonyl (C=O) groups is 2. The molecule has 0 aliphatic rings. The minimum absolute atomic E-state index is 0.0206. The van der Waals surface area contributed by atoms with Gasteiger partial charge in [0, 0.05) is 12.6 Å². The molecule has 2 amide bonds. The predicted octanol–water partition coefficient (Wildman–Crippen LogP) is 2.55. The van der Waals surface area contributed by atoms with Crippen molar-refractivity contribution in [2.75, 3.05) is 13.6 Å². The predicted molar refractivity (Wildman–Crippen MR) is 85.0 cm³/mol. The second kappa shape index (κ2) is 7.25. The number of nitrogens with one attached hydrogen (secondary N) is 1. The Morgan fingerprint density at radius 1 is 1.19 bits per heavy atom. The van der Waals surface area contributed by atoms with Crippen LogP contribution in [0.15, 0.2) is 30.3 Å². The quantitative estimate of drug-likeness (QED) is 0.906. The molecule has 0 aromatic heterocycles. The Labute approximate surface area is 127 Å². The topological polar surface area (TPSA) is 49.4 Å². The van der Waals surface area contributed by atoms with Gasteiger partial charge >= 0.3 is 0 Å². The summed E-state index contributed by atoms with van der Waals surface area (Å²) in [5.41, 5.74) is 0.706. The second-order valence-corrected chi connectivity index (χ2v) is 6.36. The van der Waals surface area contributed by atoms with Crippen LogP contribution in [0.1, 0.15) is 45.6 Å². The fourth-order valence-corrected chi connectivity index (χ4v) is 2.26. The van der Waals surface area contributed by atoms with E-state index in [9.17, 15) is 9.59 Å². The molecule has 4 heteroatoms. The van der Waals surface area contributed by atoms with Crippen LogP contribution in [0, 0.1) is 0 Å². The number of hydrogen-bond donors (Lipinski definition) is 1. The van der Waals surface area contributed by atoms with Gasteiger partial charge in [-0.2, -0.15) is 0 Å². The molecule has 1 unspecified atom stereocenters. The Balaban J connectivity index is 2.70. The molecule has 0 saturated carbocycles. The van der Waals surface area contributed by atoms with Gasteiger partial charge in [-0.25, -0.2) is 0 Å². The third kappa shape index (κ3) is 5.58. The van der Waals surface area contributed by atoms with Gasteiger partial charge < -0.3 is 10.2 Å². The Morgan fingerprint density at radius 2 is 1.76 bits per heavy atom. The van der Waals surface area contributed by atoms with Crippen molar-refractivity contribution in [3.63, 3.8) is 0 Å². The van der Waals surface area contributed by atoms with Crippen LogP contribution in [0.4, 0.5) is 0 Å². The summed E-state index contributed by atoms with van der Waals surface area (Å²) in [6.45, 7) is 7.83. The number of carbonyl (C=O) groups excluding carboxylic acids is 2. The van der Waals surface area contributed by atoms with Crippen LogP contribution in [-0.2, 0) is 9.59 Å². The standard InChI is InChI=1S/C17H26N2O2/c1-6-14(13-10-8-7-9-11-13)16(21)19(5)12-15(20)18-17(2,3)4/h7-11,14H,6,12H2,1-5H3,(H,18,20). The van der Waals surface area contributed by atoms with Crippen molar-refractivity contribution in [1.29, 1.82) is 0 Å². The van der Waals surface area contributed by atoms with Crippen molar-refractivity contribution in [3.8, 4) is 0 Å². The number of likely N-dealkylation sites (N-methyl/N-ethyl adjacent to an activating group) is 1. The summed E-state index contributed by atoms with van der Waals surface area (Å²) < 4.78 is 0. The Bertz CT molecular complexity index is 477.